The Bertz CT molecular complexity index is 1380. The van der Waals surface area contributed by atoms with Gasteiger partial charge in [0.15, 0.2) is 29.6 Å². The van der Waals surface area contributed by atoms with Crippen LogP contribution >= 0.6 is 11.6 Å². The lowest BCUT2D eigenvalue weighted by Gasteiger charge is -2.13. The second-order valence-corrected chi connectivity index (χ2v) is 7.66. The minimum Gasteiger partial charge on any atom is -0.493 e. The molecule has 0 unspecified atom stereocenters. The van der Waals surface area contributed by atoms with Crippen molar-refractivity contribution in [2.45, 2.75) is 0 Å². The second-order valence-electron chi connectivity index (χ2n) is 7.26. The van der Waals surface area contributed by atoms with E-state index in [1.807, 2.05) is 6.07 Å². The molecule has 4 rings (SSSR count). The molecule has 0 spiro atoms. The topological polar surface area (TPSA) is 117 Å². The van der Waals surface area contributed by atoms with E-state index in [1.165, 1.54) is 37.5 Å². The summed E-state index contributed by atoms with van der Waals surface area (Å²) in [5, 5.41) is 11.2. The van der Waals surface area contributed by atoms with Crippen molar-refractivity contribution in [1.82, 2.24) is 0 Å². The van der Waals surface area contributed by atoms with E-state index in [0.29, 0.717) is 16.7 Å². The first-order valence-corrected chi connectivity index (χ1v) is 10.6. The van der Waals surface area contributed by atoms with Crippen molar-refractivity contribution in [3.63, 3.8) is 0 Å². The van der Waals surface area contributed by atoms with Crippen LogP contribution in [0.25, 0.3) is 6.08 Å². The van der Waals surface area contributed by atoms with Crippen molar-refractivity contribution in [2.24, 2.45) is 4.99 Å². The van der Waals surface area contributed by atoms with Crippen molar-refractivity contribution in [2.75, 3.05) is 13.7 Å². The van der Waals surface area contributed by atoms with Crippen LogP contribution in [0.5, 0.6) is 11.5 Å². The number of non-ortho nitro benzene ring substituents is 1. The lowest BCUT2D eigenvalue weighted by Crippen LogP contribution is -2.12. The molecule has 35 heavy (non-hydrogen) atoms. The highest BCUT2D eigenvalue weighted by Gasteiger charge is 2.25. The third-order valence-corrected chi connectivity index (χ3v) is 5.20. The first-order chi connectivity index (χ1) is 16.9. The lowest BCUT2D eigenvalue weighted by molar-refractivity contribution is -0.384. The molecule has 10 heteroatoms. The van der Waals surface area contributed by atoms with Gasteiger partial charge < -0.3 is 14.2 Å². The number of ketones is 1. The maximum Gasteiger partial charge on any atom is 0.363 e. The number of esters is 1. The van der Waals surface area contributed by atoms with Crippen LogP contribution in [-0.2, 0) is 9.53 Å². The van der Waals surface area contributed by atoms with Gasteiger partial charge in [-0.05, 0) is 29.8 Å². The predicted molar refractivity (Wildman–Crippen MR) is 128 cm³/mol. The summed E-state index contributed by atoms with van der Waals surface area (Å²) in [5.74, 6) is -0.584. The van der Waals surface area contributed by atoms with Gasteiger partial charge in [0.2, 0.25) is 5.90 Å². The Balaban J connectivity index is 1.57. The van der Waals surface area contributed by atoms with E-state index in [-0.39, 0.29) is 46.2 Å². The standard InChI is InChI=1S/C25H17ClN2O7/c1-33-22-12-15(10-19(26)23(22)34-14-21(29)16-6-3-2-4-7-16)11-20-25(30)35-24(27-20)17-8-5-9-18(13-17)28(31)32/h2-13H,14H2,1H3/b20-11-. The monoisotopic (exact) mass is 492 g/mol. The molecule has 176 valence electrons. The Morgan fingerprint density at radius 3 is 2.63 bits per heavy atom. The van der Waals surface area contributed by atoms with Gasteiger partial charge in [-0.15, -0.1) is 0 Å². The van der Waals surface area contributed by atoms with Crippen LogP contribution in [0.15, 0.2) is 77.4 Å². The van der Waals surface area contributed by atoms with Gasteiger partial charge >= 0.3 is 5.97 Å². The van der Waals surface area contributed by atoms with E-state index < -0.39 is 10.9 Å². The molecule has 0 atom stereocenters. The number of nitro groups is 1. The zero-order valence-electron chi connectivity index (χ0n) is 18.3. The average Bonchev–Trinajstić information content (AvgIpc) is 3.23. The molecule has 0 aliphatic carbocycles. The average molecular weight is 493 g/mol. The molecule has 0 amide bonds. The molecule has 0 fully saturated rings. The number of halogens is 1. The van der Waals surface area contributed by atoms with E-state index in [9.17, 15) is 19.7 Å². The van der Waals surface area contributed by atoms with E-state index in [0.717, 1.165) is 0 Å². The van der Waals surface area contributed by atoms with Crippen LogP contribution in [0.3, 0.4) is 0 Å². The number of nitrogens with zero attached hydrogens (tertiary/aromatic N) is 2. The zero-order chi connectivity index (χ0) is 24.9. The Morgan fingerprint density at radius 2 is 1.91 bits per heavy atom. The first-order valence-electron chi connectivity index (χ1n) is 10.2. The third kappa shape index (κ3) is 5.36. The molecule has 0 N–H and O–H groups in total. The van der Waals surface area contributed by atoms with Gasteiger partial charge in [-0.2, -0.15) is 0 Å². The molecule has 0 saturated heterocycles. The number of methoxy groups -OCH3 is 1. The molecule has 1 aliphatic heterocycles. The number of nitro benzene ring substituents is 1. The Kier molecular flexibility index (Phi) is 6.88. The van der Waals surface area contributed by atoms with Crippen LogP contribution in [0.2, 0.25) is 5.02 Å². The van der Waals surface area contributed by atoms with Crippen molar-refractivity contribution < 1.29 is 28.7 Å². The maximum atomic E-state index is 12.3. The smallest absolute Gasteiger partial charge is 0.363 e. The number of hydrogen-bond acceptors (Lipinski definition) is 8. The lowest BCUT2D eigenvalue weighted by atomic mass is 10.1. The number of carbonyl (C=O) groups is 2. The molecule has 9 nitrogen and oxygen atoms in total. The maximum absolute atomic E-state index is 12.3. The van der Waals surface area contributed by atoms with Gasteiger partial charge in [-0.3, -0.25) is 14.9 Å². The van der Waals surface area contributed by atoms with Crippen molar-refractivity contribution >= 4 is 41.0 Å². The van der Waals surface area contributed by atoms with E-state index in [4.69, 9.17) is 25.8 Å². The number of ether oxygens (including phenoxy) is 3. The molecule has 1 heterocycles. The highest BCUT2D eigenvalue weighted by Crippen LogP contribution is 2.37. The molecule has 1 aliphatic rings. The number of Topliss-reactive ketones (excluding diaryl/α,β-unsaturated/α-hetero) is 1. The van der Waals surface area contributed by atoms with Crippen molar-refractivity contribution in [3.05, 3.63) is 104 Å². The molecule has 3 aromatic rings. The Morgan fingerprint density at radius 1 is 1.14 bits per heavy atom. The summed E-state index contributed by atoms with van der Waals surface area (Å²) in [6, 6.07) is 17.4. The minimum absolute atomic E-state index is 0.0300. The van der Waals surface area contributed by atoms with Crippen LogP contribution < -0.4 is 9.47 Å². The normalized spacial score (nSPS) is 13.8. The summed E-state index contributed by atoms with van der Waals surface area (Å²) >= 11 is 6.37. The highest BCUT2D eigenvalue weighted by atomic mass is 35.5. The second kappa shape index (κ2) is 10.2. The number of benzene rings is 3. The fourth-order valence-corrected chi connectivity index (χ4v) is 3.52. The van der Waals surface area contributed by atoms with Gasteiger partial charge in [-0.25, -0.2) is 9.79 Å². The summed E-state index contributed by atoms with van der Waals surface area (Å²) in [6.07, 6.45) is 1.43. The Hall–Kier alpha value is -4.50. The molecule has 0 aromatic heterocycles. The summed E-state index contributed by atoms with van der Waals surface area (Å²) in [4.78, 5) is 39.3. The van der Waals surface area contributed by atoms with Gasteiger partial charge in [0.1, 0.15) is 0 Å². The number of carbonyl (C=O) groups excluding carboxylic acids is 2. The van der Waals surface area contributed by atoms with Gasteiger partial charge in [0.25, 0.3) is 5.69 Å². The molecular formula is C25H17ClN2O7. The SMILES string of the molecule is COc1cc(/C=C2\N=C(c3cccc([N+](=O)[O-])c3)OC2=O)cc(Cl)c1OCC(=O)c1ccccc1. The number of hydrogen-bond donors (Lipinski definition) is 0. The number of aliphatic imine (C=N–C) groups is 1. The summed E-state index contributed by atoms with van der Waals surface area (Å²) in [6.45, 7) is -0.246. The molecular weight excluding hydrogens is 476 g/mol. The van der Waals surface area contributed by atoms with Crippen molar-refractivity contribution in [3.8, 4) is 11.5 Å². The minimum atomic E-state index is -0.727. The molecule has 0 bridgehead atoms. The quantitative estimate of drug-likeness (QED) is 0.145. The summed E-state index contributed by atoms with van der Waals surface area (Å²) in [5.41, 5.74) is 1.07. The highest BCUT2D eigenvalue weighted by molar-refractivity contribution is 6.32. The van der Waals surface area contributed by atoms with Crippen LogP contribution in [-0.4, -0.2) is 36.3 Å². The Labute approximate surface area is 204 Å². The van der Waals surface area contributed by atoms with Gasteiger partial charge in [0, 0.05) is 23.3 Å². The van der Waals surface area contributed by atoms with Crippen LogP contribution in [0.1, 0.15) is 21.5 Å². The fraction of sp³-hybridized carbons (Fsp3) is 0.0800. The molecule has 0 radical (unpaired) electrons. The summed E-state index contributed by atoms with van der Waals surface area (Å²) < 4.78 is 16.2. The number of cyclic esters (lactones) is 1. The van der Waals surface area contributed by atoms with E-state index in [2.05, 4.69) is 4.99 Å². The predicted octanol–water partition coefficient (Wildman–Crippen LogP) is 4.86. The van der Waals surface area contributed by atoms with Crippen molar-refractivity contribution in [1.29, 1.82) is 0 Å². The fourth-order valence-electron chi connectivity index (χ4n) is 3.25. The first kappa shape index (κ1) is 23.7. The van der Waals surface area contributed by atoms with Crippen LogP contribution in [0.4, 0.5) is 5.69 Å². The summed E-state index contributed by atoms with van der Waals surface area (Å²) in [7, 11) is 1.41. The molecule has 3 aromatic carbocycles. The van der Waals surface area contributed by atoms with E-state index >= 15 is 0 Å². The van der Waals surface area contributed by atoms with Gasteiger partial charge in [-0.1, -0.05) is 48.0 Å². The molecule has 0 saturated carbocycles. The third-order valence-electron chi connectivity index (χ3n) is 4.92. The largest absolute Gasteiger partial charge is 0.493 e. The van der Waals surface area contributed by atoms with Gasteiger partial charge in [0.05, 0.1) is 17.1 Å². The van der Waals surface area contributed by atoms with Crippen LogP contribution in [0, 0.1) is 10.1 Å². The number of rotatable bonds is 8. The zero-order valence-corrected chi connectivity index (χ0v) is 19.0. The van der Waals surface area contributed by atoms with E-state index in [1.54, 1.807) is 36.4 Å².